The van der Waals surface area contributed by atoms with Crippen molar-refractivity contribution in [3.8, 4) is 28.1 Å². The minimum atomic E-state index is -5.08. The van der Waals surface area contributed by atoms with Crippen molar-refractivity contribution in [3.05, 3.63) is 83.5 Å². The van der Waals surface area contributed by atoms with E-state index in [4.69, 9.17) is 31.7 Å². The molecule has 0 saturated carbocycles. The standard InChI is InChI=1S/C28H29ClFN7O2S.C2HF3O2/c29-20-16-23(27(30)24(17-20)26-2-1-13-37(26)40(31,38)39)25-18-36(34-28(25)19-7-9-32-10-8-19)22-5-3-21(4-6-22)35-14-11-33-12-15-35;3-2(4,5)1(6)7/h3-10,16-18,26,33H,1-2,11-15H2,(H2,31,38,39);(H,6,7). The van der Waals surface area contributed by atoms with Gasteiger partial charge < -0.3 is 15.3 Å². The number of aliphatic carboxylic acids is 1. The van der Waals surface area contributed by atoms with Crippen molar-refractivity contribution in [2.24, 2.45) is 5.14 Å². The number of nitrogens with two attached hydrogens (primary N) is 1. The van der Waals surface area contributed by atoms with Gasteiger partial charge >= 0.3 is 12.1 Å². The molecule has 6 rings (SSSR count). The third-order valence-corrected chi connectivity index (χ3v) is 9.06. The van der Waals surface area contributed by atoms with Crippen LogP contribution >= 0.6 is 11.6 Å². The van der Waals surface area contributed by atoms with Crippen LogP contribution in [-0.4, -0.2) is 77.5 Å². The zero-order valence-corrected chi connectivity index (χ0v) is 26.2. The van der Waals surface area contributed by atoms with E-state index in [-0.39, 0.29) is 17.7 Å². The molecule has 0 aliphatic carbocycles. The van der Waals surface area contributed by atoms with Gasteiger partial charge in [-0.15, -0.1) is 0 Å². The predicted octanol–water partition coefficient (Wildman–Crippen LogP) is 4.78. The van der Waals surface area contributed by atoms with E-state index in [9.17, 15) is 21.6 Å². The lowest BCUT2D eigenvalue weighted by Crippen LogP contribution is -2.43. The first-order valence-corrected chi connectivity index (χ1v) is 16.3. The Kier molecular flexibility index (Phi) is 10.2. The maximum Gasteiger partial charge on any atom is 0.490 e. The topological polar surface area (TPSA) is 147 Å². The number of aromatic nitrogens is 3. The normalized spacial score (nSPS) is 17.3. The van der Waals surface area contributed by atoms with Crippen molar-refractivity contribution >= 4 is 33.5 Å². The maximum atomic E-state index is 16.3. The number of carboxylic acids is 1. The Balaban J connectivity index is 0.000000559. The molecule has 4 heterocycles. The Labute approximate surface area is 272 Å². The van der Waals surface area contributed by atoms with Crippen LogP contribution in [0.4, 0.5) is 23.2 Å². The number of benzene rings is 2. The number of rotatable bonds is 6. The van der Waals surface area contributed by atoms with Crippen molar-refractivity contribution in [1.29, 1.82) is 0 Å². The highest BCUT2D eigenvalue weighted by Gasteiger charge is 2.38. The molecule has 2 saturated heterocycles. The SMILES string of the molecule is NS(=O)(=O)N1CCCC1c1cc(Cl)cc(-c2cn(-c3ccc(N4CCNCC4)cc3)nc2-c2ccncc2)c1F.O=C(O)C(F)(F)F. The fourth-order valence-corrected chi connectivity index (χ4v) is 6.75. The van der Waals surface area contributed by atoms with Crippen LogP contribution in [0.3, 0.4) is 0 Å². The number of carboxylic acid groups (broad SMARTS) is 1. The first-order chi connectivity index (χ1) is 22.2. The summed E-state index contributed by atoms with van der Waals surface area (Å²) >= 11 is 6.51. The largest absolute Gasteiger partial charge is 0.490 e. The number of carbonyl (C=O) groups is 1. The van der Waals surface area contributed by atoms with Crippen LogP contribution < -0.4 is 15.4 Å². The summed E-state index contributed by atoms with van der Waals surface area (Å²) in [6, 6.07) is 14.0. The van der Waals surface area contributed by atoms with Gasteiger partial charge in [0.05, 0.1) is 11.7 Å². The lowest BCUT2D eigenvalue weighted by atomic mass is 9.96. The van der Waals surface area contributed by atoms with Gasteiger partial charge in [-0.25, -0.2) is 19.0 Å². The average Bonchev–Trinajstić information content (AvgIpc) is 3.72. The molecule has 17 heteroatoms. The van der Waals surface area contributed by atoms with Crippen LogP contribution in [0.25, 0.3) is 28.1 Å². The Morgan fingerprint density at radius 2 is 1.62 bits per heavy atom. The number of pyridine rings is 1. The smallest absolute Gasteiger partial charge is 0.475 e. The lowest BCUT2D eigenvalue weighted by molar-refractivity contribution is -0.192. The van der Waals surface area contributed by atoms with Crippen LogP contribution in [0.1, 0.15) is 24.4 Å². The second-order valence-electron chi connectivity index (χ2n) is 10.8. The van der Waals surface area contributed by atoms with E-state index in [1.807, 2.05) is 24.3 Å². The molecule has 0 radical (unpaired) electrons. The molecule has 2 aliphatic rings. The van der Waals surface area contributed by atoms with Crippen LogP contribution in [0, 0.1) is 5.82 Å². The third-order valence-electron chi connectivity index (χ3n) is 7.75. The quantitative estimate of drug-likeness (QED) is 0.245. The first-order valence-electron chi connectivity index (χ1n) is 14.4. The molecule has 1 unspecified atom stereocenters. The lowest BCUT2D eigenvalue weighted by Gasteiger charge is -2.29. The van der Waals surface area contributed by atoms with E-state index in [0.29, 0.717) is 29.1 Å². The number of halogens is 5. The molecule has 47 heavy (non-hydrogen) atoms. The van der Waals surface area contributed by atoms with E-state index in [1.54, 1.807) is 29.3 Å². The number of hydrogen-bond acceptors (Lipinski definition) is 7. The van der Waals surface area contributed by atoms with Crippen LogP contribution in [-0.2, 0) is 15.0 Å². The highest BCUT2D eigenvalue weighted by atomic mass is 35.5. The van der Waals surface area contributed by atoms with Crippen LogP contribution in [0.2, 0.25) is 5.02 Å². The Hall–Kier alpha value is -4.09. The number of nitrogens with zero attached hydrogens (tertiary/aromatic N) is 5. The van der Waals surface area contributed by atoms with Gasteiger partial charge in [-0.2, -0.15) is 31.0 Å². The summed E-state index contributed by atoms with van der Waals surface area (Å²) in [5.74, 6) is -3.30. The summed E-state index contributed by atoms with van der Waals surface area (Å²) in [6.07, 6.45) is 1.03. The number of hydrogen-bond donors (Lipinski definition) is 3. The van der Waals surface area contributed by atoms with E-state index in [0.717, 1.165) is 47.4 Å². The summed E-state index contributed by atoms with van der Waals surface area (Å²) in [6.45, 7) is 4.01. The van der Waals surface area contributed by atoms with E-state index in [2.05, 4.69) is 27.3 Å². The first kappa shape index (κ1) is 34.3. The third kappa shape index (κ3) is 7.90. The van der Waals surface area contributed by atoms with Crippen LogP contribution in [0.15, 0.2) is 67.1 Å². The van der Waals surface area contributed by atoms with E-state index >= 15 is 4.39 Å². The van der Waals surface area contributed by atoms with E-state index < -0.39 is 34.2 Å². The van der Waals surface area contributed by atoms with Crippen molar-refractivity contribution in [1.82, 2.24) is 24.4 Å². The molecular formula is C30H30ClF4N7O4S. The highest BCUT2D eigenvalue weighted by molar-refractivity contribution is 7.86. The second kappa shape index (κ2) is 13.9. The minimum absolute atomic E-state index is 0.197. The second-order valence-corrected chi connectivity index (χ2v) is 12.7. The zero-order chi connectivity index (χ0) is 33.9. The fraction of sp³-hybridized carbons (Fsp3) is 0.300. The molecule has 2 aromatic carbocycles. The molecule has 1 atom stereocenters. The highest BCUT2D eigenvalue weighted by Crippen LogP contribution is 2.41. The van der Waals surface area contributed by atoms with Crippen molar-refractivity contribution in [2.45, 2.75) is 25.1 Å². The van der Waals surface area contributed by atoms with Gasteiger partial charge in [0.25, 0.3) is 10.2 Å². The molecule has 0 amide bonds. The molecule has 2 fully saturated rings. The minimum Gasteiger partial charge on any atom is -0.475 e. The summed E-state index contributed by atoms with van der Waals surface area (Å²) in [5.41, 5.74) is 4.22. The molecule has 0 bridgehead atoms. The van der Waals surface area contributed by atoms with Gasteiger partial charge in [-0.1, -0.05) is 11.6 Å². The Bertz CT molecular complexity index is 1840. The number of piperazine rings is 1. The van der Waals surface area contributed by atoms with Crippen LogP contribution in [0.5, 0.6) is 0 Å². The van der Waals surface area contributed by atoms with Gasteiger partial charge in [0.1, 0.15) is 11.5 Å². The monoisotopic (exact) mass is 695 g/mol. The van der Waals surface area contributed by atoms with Crippen molar-refractivity contribution in [2.75, 3.05) is 37.6 Å². The molecule has 4 N–H and O–H groups in total. The molecule has 0 spiro atoms. The average molecular weight is 696 g/mol. The summed E-state index contributed by atoms with van der Waals surface area (Å²) < 4.78 is 75.4. The summed E-state index contributed by atoms with van der Waals surface area (Å²) in [5, 5.41) is 21.1. The summed E-state index contributed by atoms with van der Waals surface area (Å²) in [4.78, 5) is 15.3. The number of anilines is 1. The molecule has 250 valence electrons. The van der Waals surface area contributed by atoms with E-state index in [1.165, 1.54) is 6.07 Å². The van der Waals surface area contributed by atoms with Gasteiger partial charge in [0, 0.05) is 84.3 Å². The van der Waals surface area contributed by atoms with Gasteiger partial charge in [0.15, 0.2) is 0 Å². The molecule has 2 aromatic heterocycles. The number of alkyl halides is 3. The van der Waals surface area contributed by atoms with Crippen molar-refractivity contribution < 1.29 is 35.9 Å². The van der Waals surface area contributed by atoms with Gasteiger partial charge in [-0.3, -0.25) is 4.98 Å². The van der Waals surface area contributed by atoms with Crippen molar-refractivity contribution in [3.63, 3.8) is 0 Å². The molecule has 4 aromatic rings. The maximum absolute atomic E-state index is 16.3. The molecular weight excluding hydrogens is 666 g/mol. The zero-order valence-electron chi connectivity index (χ0n) is 24.7. The Morgan fingerprint density at radius 1 is 1.00 bits per heavy atom. The molecule has 11 nitrogen and oxygen atoms in total. The Morgan fingerprint density at radius 3 is 2.21 bits per heavy atom. The van der Waals surface area contributed by atoms with Gasteiger partial charge in [-0.05, 0) is 61.4 Å². The summed E-state index contributed by atoms with van der Waals surface area (Å²) in [7, 11) is -4.01. The predicted molar refractivity (Wildman–Crippen MR) is 168 cm³/mol. The molecule has 2 aliphatic heterocycles. The number of nitrogens with one attached hydrogen (secondary N) is 1. The van der Waals surface area contributed by atoms with Gasteiger partial charge in [0.2, 0.25) is 0 Å². The fourth-order valence-electron chi connectivity index (χ4n) is 5.57.